The summed E-state index contributed by atoms with van der Waals surface area (Å²) < 4.78 is 16.1. The lowest BCUT2D eigenvalue weighted by atomic mass is 9.84. The van der Waals surface area contributed by atoms with E-state index in [2.05, 4.69) is 0 Å². The van der Waals surface area contributed by atoms with E-state index in [0.29, 0.717) is 34.8 Å². The van der Waals surface area contributed by atoms with Gasteiger partial charge in [-0.05, 0) is 31.1 Å². The number of nitrogens with two attached hydrogens (primary N) is 1. The number of fused-ring (bicyclic) bond motifs is 2. The molecule has 24 heavy (non-hydrogen) atoms. The minimum absolute atomic E-state index is 0.0271. The van der Waals surface area contributed by atoms with E-state index in [1.165, 1.54) is 0 Å². The van der Waals surface area contributed by atoms with Gasteiger partial charge in [-0.25, -0.2) is 0 Å². The zero-order chi connectivity index (χ0) is 17.4. The summed E-state index contributed by atoms with van der Waals surface area (Å²) in [5, 5.41) is 0. The highest BCUT2D eigenvalue weighted by Crippen LogP contribution is 2.49. The molecule has 0 saturated heterocycles. The van der Waals surface area contributed by atoms with E-state index >= 15 is 0 Å². The zero-order valence-corrected chi connectivity index (χ0v) is 14.7. The number of nitrogens with zero attached hydrogens (tertiary/aromatic N) is 1. The van der Waals surface area contributed by atoms with Crippen molar-refractivity contribution in [2.75, 3.05) is 33.3 Å². The smallest absolute Gasteiger partial charge is 0.231 e. The van der Waals surface area contributed by atoms with Crippen LogP contribution in [-0.4, -0.2) is 40.3 Å². The first kappa shape index (κ1) is 16.9. The molecule has 4 atom stereocenters. The van der Waals surface area contributed by atoms with Gasteiger partial charge in [0.2, 0.25) is 11.7 Å². The van der Waals surface area contributed by atoms with Crippen LogP contribution < -0.4 is 24.8 Å². The van der Waals surface area contributed by atoms with Crippen LogP contribution in [0.15, 0.2) is 12.1 Å². The summed E-state index contributed by atoms with van der Waals surface area (Å²) >= 11 is 0. The van der Waals surface area contributed by atoms with Crippen LogP contribution in [0.5, 0.6) is 17.2 Å². The Balaban J connectivity index is 1.89. The maximum absolute atomic E-state index is 13.0. The molecule has 0 heterocycles. The Labute approximate surface area is 142 Å². The van der Waals surface area contributed by atoms with Gasteiger partial charge < -0.3 is 24.8 Å². The molecule has 6 nitrogen and oxygen atoms in total. The van der Waals surface area contributed by atoms with Gasteiger partial charge in [-0.2, -0.15) is 0 Å². The molecular formula is C18H26N2O4. The summed E-state index contributed by atoms with van der Waals surface area (Å²) in [4.78, 5) is 14.7. The van der Waals surface area contributed by atoms with E-state index in [1.54, 1.807) is 45.4 Å². The van der Waals surface area contributed by atoms with Crippen molar-refractivity contribution in [2.45, 2.75) is 25.3 Å². The molecule has 4 unspecified atom stereocenters. The first-order valence-corrected chi connectivity index (χ1v) is 8.35. The Kier molecular flexibility index (Phi) is 4.58. The lowest BCUT2D eigenvalue weighted by Crippen LogP contribution is -2.46. The molecule has 1 amide bonds. The minimum atomic E-state index is -0.0900. The number of ether oxygens (including phenoxy) is 3. The Bertz CT molecular complexity index is 606. The number of methoxy groups -OCH3 is 3. The van der Waals surface area contributed by atoms with E-state index in [4.69, 9.17) is 19.9 Å². The summed E-state index contributed by atoms with van der Waals surface area (Å²) in [5.41, 5.74) is 7.03. The van der Waals surface area contributed by atoms with Crippen LogP contribution in [-0.2, 0) is 4.79 Å². The molecule has 0 aliphatic heterocycles. The second kappa shape index (κ2) is 6.51. The molecule has 0 aromatic heterocycles. The van der Waals surface area contributed by atoms with Crippen LogP contribution in [0.4, 0.5) is 5.69 Å². The van der Waals surface area contributed by atoms with E-state index in [9.17, 15) is 4.79 Å². The zero-order valence-electron chi connectivity index (χ0n) is 14.7. The summed E-state index contributed by atoms with van der Waals surface area (Å²) in [6.07, 6.45) is 3.35. The predicted octanol–water partition coefficient (Wildman–Crippen LogP) is 2.05. The normalized spacial score (nSPS) is 27.9. The van der Waals surface area contributed by atoms with Gasteiger partial charge in [0.05, 0.1) is 32.9 Å². The predicted molar refractivity (Wildman–Crippen MR) is 91.8 cm³/mol. The Morgan fingerprint density at radius 3 is 2.12 bits per heavy atom. The Hall–Kier alpha value is -1.95. The van der Waals surface area contributed by atoms with Crippen LogP contribution in [0.25, 0.3) is 0 Å². The van der Waals surface area contributed by atoms with Gasteiger partial charge >= 0.3 is 0 Å². The molecule has 6 heteroatoms. The van der Waals surface area contributed by atoms with Gasteiger partial charge in [0, 0.05) is 25.2 Å². The van der Waals surface area contributed by atoms with Crippen molar-refractivity contribution < 1.29 is 19.0 Å². The molecular weight excluding hydrogens is 308 g/mol. The Morgan fingerprint density at radius 2 is 1.67 bits per heavy atom. The molecule has 2 saturated carbocycles. The first-order chi connectivity index (χ1) is 11.5. The quantitative estimate of drug-likeness (QED) is 0.892. The first-order valence-electron chi connectivity index (χ1n) is 8.35. The second-order valence-corrected chi connectivity index (χ2v) is 6.72. The summed E-state index contributed by atoms with van der Waals surface area (Å²) in [6, 6.07) is 3.55. The number of rotatable bonds is 5. The molecule has 132 valence electrons. The fourth-order valence-corrected chi connectivity index (χ4v) is 4.31. The molecule has 1 aromatic carbocycles. The minimum Gasteiger partial charge on any atom is -0.493 e. The molecule has 2 bridgehead atoms. The van der Waals surface area contributed by atoms with Gasteiger partial charge in [-0.3, -0.25) is 4.79 Å². The number of carbonyl (C=O) groups is 1. The molecule has 2 fully saturated rings. The molecule has 2 aliphatic rings. The topological polar surface area (TPSA) is 74.0 Å². The van der Waals surface area contributed by atoms with Gasteiger partial charge in [0.25, 0.3) is 0 Å². The Morgan fingerprint density at radius 1 is 1.08 bits per heavy atom. The number of anilines is 1. The molecule has 3 rings (SSSR count). The highest BCUT2D eigenvalue weighted by atomic mass is 16.5. The van der Waals surface area contributed by atoms with Gasteiger partial charge in [-0.1, -0.05) is 0 Å². The van der Waals surface area contributed by atoms with Crippen molar-refractivity contribution >= 4 is 11.6 Å². The average molecular weight is 334 g/mol. The van der Waals surface area contributed by atoms with E-state index < -0.39 is 0 Å². The van der Waals surface area contributed by atoms with Crippen molar-refractivity contribution in [3.05, 3.63) is 12.1 Å². The molecule has 2 N–H and O–H groups in total. The molecule has 2 aliphatic carbocycles. The lowest BCUT2D eigenvalue weighted by Gasteiger charge is -2.31. The third-order valence-electron chi connectivity index (χ3n) is 5.63. The van der Waals surface area contributed by atoms with Gasteiger partial charge in [0.15, 0.2) is 11.5 Å². The summed E-state index contributed by atoms with van der Waals surface area (Å²) in [5.74, 6) is 2.48. The maximum Gasteiger partial charge on any atom is 0.231 e. The van der Waals surface area contributed by atoms with Gasteiger partial charge in [-0.15, -0.1) is 0 Å². The van der Waals surface area contributed by atoms with Crippen molar-refractivity contribution in [3.63, 3.8) is 0 Å². The molecule has 0 radical (unpaired) electrons. The summed E-state index contributed by atoms with van der Waals surface area (Å²) in [7, 11) is 6.47. The number of carbonyl (C=O) groups excluding carboxylic acids is 1. The number of hydrogen-bond donors (Lipinski definition) is 1. The average Bonchev–Trinajstić information content (AvgIpc) is 3.20. The van der Waals surface area contributed by atoms with Crippen LogP contribution in [0.1, 0.15) is 19.3 Å². The fourth-order valence-electron chi connectivity index (χ4n) is 4.31. The third-order valence-corrected chi connectivity index (χ3v) is 5.63. The molecule has 1 aromatic rings. The van der Waals surface area contributed by atoms with Crippen molar-refractivity contribution in [1.82, 2.24) is 0 Å². The number of benzene rings is 1. The number of hydrogen-bond acceptors (Lipinski definition) is 5. The van der Waals surface area contributed by atoms with E-state index in [0.717, 1.165) is 19.3 Å². The SMILES string of the molecule is COc1cc(N(C)C(=O)C2C3CCC(C3)C2N)cc(OC)c1OC. The van der Waals surface area contributed by atoms with E-state index in [-0.39, 0.29) is 17.9 Å². The third kappa shape index (κ3) is 2.59. The van der Waals surface area contributed by atoms with E-state index in [1.807, 2.05) is 0 Å². The molecule has 0 spiro atoms. The standard InChI is InChI=1S/C18H26N2O4/c1-20(18(21)15-10-5-6-11(7-10)16(15)19)12-8-13(22-2)17(24-4)14(9-12)23-3/h8-11,15-16H,5-7,19H2,1-4H3. The summed E-state index contributed by atoms with van der Waals surface area (Å²) in [6.45, 7) is 0. The monoisotopic (exact) mass is 334 g/mol. The van der Waals surface area contributed by atoms with Crippen LogP contribution in [0.3, 0.4) is 0 Å². The largest absolute Gasteiger partial charge is 0.493 e. The maximum atomic E-state index is 13.0. The highest BCUT2D eigenvalue weighted by molar-refractivity contribution is 5.96. The van der Waals surface area contributed by atoms with Crippen LogP contribution in [0.2, 0.25) is 0 Å². The van der Waals surface area contributed by atoms with Gasteiger partial charge in [0.1, 0.15) is 0 Å². The lowest BCUT2D eigenvalue weighted by molar-refractivity contribution is -0.124. The number of amides is 1. The fraction of sp³-hybridized carbons (Fsp3) is 0.611. The highest BCUT2D eigenvalue weighted by Gasteiger charge is 2.50. The van der Waals surface area contributed by atoms with Crippen molar-refractivity contribution in [1.29, 1.82) is 0 Å². The van der Waals surface area contributed by atoms with Crippen LogP contribution in [0, 0.1) is 17.8 Å². The van der Waals surface area contributed by atoms with Crippen molar-refractivity contribution in [3.8, 4) is 17.2 Å². The second-order valence-electron chi connectivity index (χ2n) is 6.72. The van der Waals surface area contributed by atoms with Crippen LogP contribution >= 0.6 is 0 Å². The van der Waals surface area contributed by atoms with Crippen molar-refractivity contribution in [2.24, 2.45) is 23.5 Å².